The molecule has 1 atom stereocenters. The number of aromatic nitrogens is 2. The predicted molar refractivity (Wildman–Crippen MR) is 175 cm³/mol. The molecule has 0 amide bonds. The molecule has 0 aliphatic heterocycles. The van der Waals surface area contributed by atoms with Gasteiger partial charge < -0.3 is 19.4 Å². The Kier molecular flexibility index (Phi) is 10.4. The van der Waals surface area contributed by atoms with E-state index in [0.29, 0.717) is 41.7 Å². The van der Waals surface area contributed by atoms with E-state index < -0.39 is 10.1 Å². The van der Waals surface area contributed by atoms with Gasteiger partial charge in [0.1, 0.15) is 23.0 Å². The monoisotopic (exact) mass is 619 g/mol. The van der Waals surface area contributed by atoms with Crippen LogP contribution in [0.2, 0.25) is 0 Å². The first-order chi connectivity index (χ1) is 20.8. The zero-order chi connectivity index (χ0) is 32.2. The molecule has 4 rings (SSSR count). The third-order valence-corrected chi connectivity index (χ3v) is 9.46. The number of anilines is 1. The second-order valence-electron chi connectivity index (χ2n) is 12.3. The van der Waals surface area contributed by atoms with Gasteiger partial charge in [-0.1, -0.05) is 84.0 Å². The van der Waals surface area contributed by atoms with Crippen molar-refractivity contribution in [1.29, 1.82) is 0 Å². The fourth-order valence-corrected chi connectivity index (χ4v) is 7.15. The maximum absolute atomic E-state index is 14.2. The van der Waals surface area contributed by atoms with Crippen molar-refractivity contribution in [3.63, 3.8) is 0 Å². The van der Waals surface area contributed by atoms with Crippen molar-refractivity contribution < 1.29 is 22.1 Å². The molecule has 0 bridgehead atoms. The lowest BCUT2D eigenvalue weighted by atomic mass is 9.78. The topological polar surface area (TPSA) is 114 Å². The summed E-state index contributed by atoms with van der Waals surface area (Å²) in [7, 11) is -2.68. The predicted octanol–water partition coefficient (Wildman–Crippen LogP) is 7.42. The molecule has 8 nitrogen and oxygen atoms in total. The van der Waals surface area contributed by atoms with Gasteiger partial charge in [0.15, 0.2) is 0 Å². The van der Waals surface area contributed by atoms with Crippen molar-refractivity contribution in [2.45, 2.75) is 67.9 Å². The molecular formula is C35H45N3O5S. The third-order valence-electron chi connectivity index (χ3n) is 8.08. The average Bonchev–Trinajstić information content (AvgIpc) is 2.97. The van der Waals surface area contributed by atoms with E-state index in [2.05, 4.69) is 29.9 Å². The van der Waals surface area contributed by atoms with Crippen molar-refractivity contribution >= 4 is 16.1 Å². The lowest BCUT2D eigenvalue weighted by Crippen LogP contribution is -2.26. The maximum atomic E-state index is 14.2. The fourth-order valence-electron chi connectivity index (χ4n) is 5.48. The molecule has 1 heterocycles. The second kappa shape index (κ2) is 13.8. The van der Waals surface area contributed by atoms with Gasteiger partial charge in [-0.2, -0.15) is 13.4 Å². The molecule has 1 unspecified atom stereocenters. The summed E-state index contributed by atoms with van der Waals surface area (Å²) in [5, 5.41) is 0. The van der Waals surface area contributed by atoms with Crippen molar-refractivity contribution in [3.8, 4) is 17.4 Å². The average molecular weight is 620 g/mol. The van der Waals surface area contributed by atoms with Gasteiger partial charge in [0, 0.05) is 18.1 Å². The molecule has 2 N–H and O–H groups in total. The smallest absolute Gasteiger partial charge is 0.340 e. The van der Waals surface area contributed by atoms with Gasteiger partial charge in [0.25, 0.3) is 0 Å². The number of nitrogen functional groups attached to an aromatic ring is 1. The minimum atomic E-state index is -4.26. The van der Waals surface area contributed by atoms with Crippen LogP contribution in [0, 0.1) is 30.6 Å². The Labute approximate surface area is 262 Å². The molecule has 236 valence electrons. The van der Waals surface area contributed by atoms with Crippen LogP contribution in [0.4, 0.5) is 5.95 Å². The fraction of sp³-hybridized carbons (Fsp3) is 0.429. The summed E-state index contributed by atoms with van der Waals surface area (Å²) >= 11 is 0. The number of benzene rings is 2. The van der Waals surface area contributed by atoms with Gasteiger partial charge in [-0.15, -0.1) is 0 Å². The van der Waals surface area contributed by atoms with E-state index in [4.69, 9.17) is 19.4 Å². The van der Waals surface area contributed by atoms with Crippen molar-refractivity contribution in [2.75, 3.05) is 12.8 Å². The molecule has 0 fully saturated rings. The first-order valence-electron chi connectivity index (χ1n) is 15.2. The molecule has 1 aliphatic rings. The van der Waals surface area contributed by atoms with Gasteiger partial charge in [-0.05, 0) is 65.4 Å². The van der Waals surface area contributed by atoms with Crippen LogP contribution in [-0.4, -0.2) is 25.5 Å². The number of aryl methyl sites for hydroxylation is 1. The van der Waals surface area contributed by atoms with Gasteiger partial charge in [-0.25, -0.2) is 4.98 Å². The van der Waals surface area contributed by atoms with Gasteiger partial charge in [-0.3, -0.25) is 0 Å². The molecule has 9 heteroatoms. The molecule has 1 aliphatic carbocycles. The Morgan fingerprint density at radius 1 is 0.977 bits per heavy atom. The molecule has 2 aromatic carbocycles. The van der Waals surface area contributed by atoms with Crippen LogP contribution in [-0.2, 0) is 23.1 Å². The largest absolute Gasteiger partial charge is 0.496 e. The number of nitrogens with zero attached hydrogens (tertiary/aromatic N) is 2. The third kappa shape index (κ3) is 7.62. The van der Waals surface area contributed by atoms with Crippen LogP contribution < -0.4 is 19.4 Å². The molecule has 44 heavy (non-hydrogen) atoms. The number of rotatable bonds is 12. The summed E-state index contributed by atoms with van der Waals surface area (Å²) in [5.41, 5.74) is 10.6. The SMILES string of the molecule is COc1cc(OCc2ccccc2)ccc1Cc1c(C)nc(N)nc1OS(=O)(=O)C1=C(C(C)C)CC(C(C)C)C=C1C(C)C. The number of hydrogen-bond acceptors (Lipinski definition) is 8. The normalized spacial score (nSPS) is 15.6. The number of allylic oxidation sites excluding steroid dienone is 3. The van der Waals surface area contributed by atoms with Crippen LogP contribution in [0.25, 0.3) is 0 Å². The van der Waals surface area contributed by atoms with Crippen molar-refractivity contribution in [2.24, 2.45) is 23.7 Å². The Hall–Kier alpha value is -3.85. The highest BCUT2D eigenvalue weighted by molar-refractivity contribution is 7.91. The highest BCUT2D eigenvalue weighted by atomic mass is 32.2. The van der Waals surface area contributed by atoms with Crippen LogP contribution in [0.3, 0.4) is 0 Å². The highest BCUT2D eigenvalue weighted by Crippen LogP contribution is 2.42. The zero-order valence-electron chi connectivity index (χ0n) is 27.0. The summed E-state index contributed by atoms with van der Waals surface area (Å²) in [4.78, 5) is 8.88. The van der Waals surface area contributed by atoms with Crippen LogP contribution >= 0.6 is 0 Å². The van der Waals surface area contributed by atoms with E-state index in [0.717, 1.165) is 22.3 Å². The summed E-state index contributed by atoms with van der Waals surface area (Å²) in [6, 6.07) is 15.5. The van der Waals surface area contributed by atoms with Crippen LogP contribution in [0.1, 0.15) is 70.3 Å². The van der Waals surface area contributed by atoms with Gasteiger partial charge in [0.05, 0.1) is 12.8 Å². The maximum Gasteiger partial charge on any atom is 0.340 e. The summed E-state index contributed by atoms with van der Waals surface area (Å²) in [6.07, 6.45) is 3.04. The summed E-state index contributed by atoms with van der Waals surface area (Å²) in [5.74, 6) is 1.74. The zero-order valence-corrected chi connectivity index (χ0v) is 27.9. The molecule has 3 aromatic rings. The van der Waals surface area contributed by atoms with E-state index in [1.54, 1.807) is 14.0 Å². The first-order valence-corrected chi connectivity index (χ1v) is 16.6. The van der Waals surface area contributed by atoms with E-state index in [1.165, 1.54) is 0 Å². The Bertz CT molecular complexity index is 1640. The summed E-state index contributed by atoms with van der Waals surface area (Å²) in [6.45, 7) is 14.6. The van der Waals surface area contributed by atoms with E-state index in [1.807, 2.05) is 76.2 Å². The van der Waals surface area contributed by atoms with Crippen molar-refractivity contribution in [1.82, 2.24) is 9.97 Å². The summed E-state index contributed by atoms with van der Waals surface area (Å²) < 4.78 is 46.0. The molecule has 1 aromatic heterocycles. The highest BCUT2D eigenvalue weighted by Gasteiger charge is 2.36. The minimum Gasteiger partial charge on any atom is -0.496 e. The van der Waals surface area contributed by atoms with E-state index in [-0.39, 0.29) is 40.9 Å². The first kappa shape index (κ1) is 33.1. The number of methoxy groups -OCH3 is 1. The minimum absolute atomic E-state index is 0.0118. The van der Waals surface area contributed by atoms with E-state index >= 15 is 0 Å². The Balaban J connectivity index is 1.69. The molecular weight excluding hydrogens is 574 g/mol. The van der Waals surface area contributed by atoms with E-state index in [9.17, 15) is 8.42 Å². The molecule has 0 saturated heterocycles. The lowest BCUT2D eigenvalue weighted by Gasteiger charge is -2.32. The van der Waals surface area contributed by atoms with Gasteiger partial charge in [0.2, 0.25) is 11.8 Å². The quantitative estimate of drug-likeness (QED) is 0.208. The number of hydrogen-bond donors (Lipinski definition) is 1. The number of ether oxygens (including phenoxy) is 2. The standard InChI is InChI=1S/C35H45N3O5S/c1-21(2)27-17-29(22(3)4)33(30(18-27)23(5)6)44(39,40)43-34-31(24(7)37-35(36)38-34)16-26-14-15-28(19-32(26)41-8)42-20-25-12-10-9-11-13-25/h9-15,17,19,21-23,27H,16,18,20H2,1-8H3,(H2,36,37,38). The van der Waals surface area contributed by atoms with Crippen molar-refractivity contribution in [3.05, 3.63) is 93.0 Å². The van der Waals surface area contributed by atoms with Crippen LogP contribution in [0.5, 0.6) is 17.4 Å². The molecule has 0 spiro atoms. The molecule has 0 radical (unpaired) electrons. The Morgan fingerprint density at radius 2 is 1.68 bits per heavy atom. The Morgan fingerprint density at radius 3 is 2.30 bits per heavy atom. The second-order valence-corrected chi connectivity index (χ2v) is 13.8. The molecule has 0 saturated carbocycles. The van der Waals surface area contributed by atoms with Crippen LogP contribution in [0.15, 0.2) is 70.7 Å². The lowest BCUT2D eigenvalue weighted by molar-refractivity contribution is 0.303. The number of nitrogens with two attached hydrogens (primary N) is 1. The van der Waals surface area contributed by atoms with Gasteiger partial charge >= 0.3 is 10.1 Å².